The first kappa shape index (κ1) is 69.1. The lowest BCUT2D eigenvalue weighted by Gasteiger charge is -2.18. The van der Waals surface area contributed by atoms with Crippen molar-refractivity contribution in [2.45, 2.75) is 284 Å². The van der Waals surface area contributed by atoms with Crippen LogP contribution in [0.5, 0.6) is 0 Å². The maximum absolute atomic E-state index is 12.9. The average Bonchev–Trinajstić information content (AvgIpc) is 3.39. The van der Waals surface area contributed by atoms with Gasteiger partial charge in [-0.3, -0.25) is 14.4 Å². The van der Waals surface area contributed by atoms with Gasteiger partial charge in [0.15, 0.2) is 6.10 Å². The molecule has 0 saturated carbocycles. The molecule has 6 nitrogen and oxygen atoms in total. The Morgan fingerprint density at radius 3 is 0.877 bits per heavy atom. The minimum Gasteiger partial charge on any atom is -0.462 e. The largest absolute Gasteiger partial charge is 0.462 e. The molecule has 0 aromatic rings. The zero-order valence-electron chi connectivity index (χ0n) is 47.6. The lowest BCUT2D eigenvalue weighted by molar-refractivity contribution is -0.167. The van der Waals surface area contributed by atoms with Gasteiger partial charge in [-0.15, -0.1) is 0 Å². The van der Waals surface area contributed by atoms with Gasteiger partial charge < -0.3 is 14.2 Å². The van der Waals surface area contributed by atoms with Gasteiger partial charge in [-0.1, -0.05) is 259 Å². The zero-order valence-corrected chi connectivity index (χ0v) is 47.6. The Morgan fingerprint density at radius 1 is 0.288 bits per heavy atom. The summed E-state index contributed by atoms with van der Waals surface area (Å²) in [5.74, 6) is -0.929. The lowest BCUT2D eigenvalue weighted by atomic mass is 10.0. The molecule has 0 spiro atoms. The zero-order chi connectivity index (χ0) is 52.9. The molecule has 1 unspecified atom stereocenters. The maximum Gasteiger partial charge on any atom is 0.306 e. The first-order valence-corrected chi connectivity index (χ1v) is 30.4. The van der Waals surface area contributed by atoms with Crippen molar-refractivity contribution in [1.29, 1.82) is 0 Å². The molecule has 0 aromatic heterocycles. The molecule has 0 N–H and O–H groups in total. The van der Waals surface area contributed by atoms with Crippen molar-refractivity contribution < 1.29 is 28.6 Å². The molecule has 0 rings (SSSR count). The summed E-state index contributed by atoms with van der Waals surface area (Å²) in [4.78, 5) is 38.2. The SMILES string of the molecule is CC/C=C\C/C=C\C/C=C\C/C=C\C/C=C\C/C=C\C/C=C\CCCCCC(=O)OCC(COC(=O)CCCCCCCCCCCCCCC)OC(=O)CCCCCCCCC/C=C\C/C=C\CCCCC. The van der Waals surface area contributed by atoms with Gasteiger partial charge in [0.25, 0.3) is 0 Å². The Labute approximate surface area is 450 Å². The molecule has 0 aromatic carbocycles. The molecule has 0 fully saturated rings. The number of allylic oxidation sites excluding steroid dienone is 18. The molecule has 0 aliphatic carbocycles. The van der Waals surface area contributed by atoms with E-state index in [9.17, 15) is 14.4 Å². The third kappa shape index (κ3) is 58.8. The number of esters is 3. The predicted octanol–water partition coefficient (Wildman–Crippen LogP) is 20.7. The molecule has 0 amide bonds. The molecule has 73 heavy (non-hydrogen) atoms. The number of unbranched alkanes of at least 4 members (excludes halogenated alkanes) is 25. The molecular formula is C67H112O6. The van der Waals surface area contributed by atoms with Crippen LogP contribution >= 0.6 is 0 Å². The number of ether oxygens (including phenoxy) is 3. The van der Waals surface area contributed by atoms with Crippen molar-refractivity contribution in [3.8, 4) is 0 Å². The smallest absolute Gasteiger partial charge is 0.306 e. The van der Waals surface area contributed by atoms with Crippen molar-refractivity contribution in [2.24, 2.45) is 0 Å². The van der Waals surface area contributed by atoms with Crippen LogP contribution in [0, 0.1) is 0 Å². The first-order chi connectivity index (χ1) is 36.0. The first-order valence-electron chi connectivity index (χ1n) is 30.4. The van der Waals surface area contributed by atoms with Gasteiger partial charge in [0.2, 0.25) is 0 Å². The highest BCUT2D eigenvalue weighted by atomic mass is 16.6. The fraction of sp³-hybridized carbons (Fsp3) is 0.687. The quantitative estimate of drug-likeness (QED) is 0.0261. The van der Waals surface area contributed by atoms with Crippen LogP contribution in [0.15, 0.2) is 109 Å². The summed E-state index contributed by atoms with van der Waals surface area (Å²) in [6.45, 7) is 6.48. The average molecular weight is 1010 g/mol. The Hall–Kier alpha value is -3.93. The lowest BCUT2D eigenvalue weighted by Crippen LogP contribution is -2.30. The Balaban J connectivity index is 4.43. The van der Waals surface area contributed by atoms with Crippen LogP contribution in [0.3, 0.4) is 0 Å². The summed E-state index contributed by atoms with van der Waals surface area (Å²) in [6, 6.07) is 0. The number of hydrogen-bond acceptors (Lipinski definition) is 6. The fourth-order valence-corrected chi connectivity index (χ4v) is 8.22. The molecule has 0 aliphatic heterocycles. The van der Waals surface area contributed by atoms with E-state index in [1.807, 2.05) is 0 Å². The summed E-state index contributed by atoms with van der Waals surface area (Å²) in [7, 11) is 0. The second kappa shape index (κ2) is 60.6. The van der Waals surface area contributed by atoms with E-state index < -0.39 is 6.10 Å². The third-order valence-corrected chi connectivity index (χ3v) is 12.8. The summed E-state index contributed by atoms with van der Waals surface area (Å²) in [5, 5.41) is 0. The highest BCUT2D eigenvalue weighted by molar-refractivity contribution is 5.71. The standard InChI is InChI=1S/C67H112O6/c1-4-7-10-13-16-19-22-25-27-29-30-31-32-33-34-35-36-38-39-42-45-48-51-54-57-60-66(69)72-63-64(62-71-65(68)59-56-53-50-47-44-41-24-21-18-15-12-9-6-3)73-67(70)61-58-55-52-49-46-43-40-37-28-26-23-20-17-14-11-8-5-2/h7,10,16-17,19-20,25-28,30-31,33-34,36,38,42,45,64H,4-6,8-9,11-15,18,21-24,29,32,35,37,39-41,43-44,46-63H2,1-3H3/b10-7-,19-16-,20-17-,27-25-,28-26-,31-30-,34-33-,38-36-,45-42-. The Kier molecular flexibility index (Phi) is 57.4. The van der Waals surface area contributed by atoms with Crippen LogP contribution < -0.4 is 0 Å². The summed E-state index contributed by atoms with van der Waals surface area (Å²) in [6.07, 6.45) is 82.2. The van der Waals surface area contributed by atoms with Gasteiger partial charge in [-0.25, -0.2) is 0 Å². The van der Waals surface area contributed by atoms with E-state index in [1.54, 1.807) is 0 Å². The van der Waals surface area contributed by atoms with Gasteiger partial charge >= 0.3 is 17.9 Å². The Bertz CT molecular complexity index is 1490. The second-order valence-corrected chi connectivity index (χ2v) is 19.9. The van der Waals surface area contributed by atoms with Gasteiger partial charge in [0.1, 0.15) is 13.2 Å². The van der Waals surface area contributed by atoms with Crippen LogP contribution in [0.25, 0.3) is 0 Å². The molecule has 1 atom stereocenters. The van der Waals surface area contributed by atoms with Crippen molar-refractivity contribution >= 4 is 17.9 Å². The van der Waals surface area contributed by atoms with E-state index in [4.69, 9.17) is 14.2 Å². The molecule has 0 aliphatic rings. The van der Waals surface area contributed by atoms with Crippen LogP contribution in [0.1, 0.15) is 278 Å². The highest BCUT2D eigenvalue weighted by Crippen LogP contribution is 2.15. The minimum absolute atomic E-state index is 0.0911. The van der Waals surface area contributed by atoms with Gasteiger partial charge in [0, 0.05) is 19.3 Å². The summed E-state index contributed by atoms with van der Waals surface area (Å²) >= 11 is 0. The van der Waals surface area contributed by atoms with Gasteiger partial charge in [-0.2, -0.15) is 0 Å². The molecule has 6 heteroatoms. The van der Waals surface area contributed by atoms with E-state index in [1.165, 1.54) is 116 Å². The van der Waals surface area contributed by atoms with Crippen molar-refractivity contribution in [3.05, 3.63) is 109 Å². The topological polar surface area (TPSA) is 78.9 Å². The van der Waals surface area contributed by atoms with E-state index >= 15 is 0 Å². The minimum atomic E-state index is -0.797. The van der Waals surface area contributed by atoms with E-state index in [0.717, 1.165) is 122 Å². The van der Waals surface area contributed by atoms with Crippen LogP contribution in [0.2, 0.25) is 0 Å². The van der Waals surface area contributed by atoms with E-state index in [-0.39, 0.29) is 31.1 Å². The number of rotatable bonds is 54. The normalized spacial score (nSPS) is 12.9. The maximum atomic E-state index is 12.9. The molecule has 0 bridgehead atoms. The van der Waals surface area contributed by atoms with Crippen LogP contribution in [-0.4, -0.2) is 37.2 Å². The molecular weight excluding hydrogens is 901 g/mol. The molecule has 416 valence electrons. The van der Waals surface area contributed by atoms with Gasteiger partial charge in [0.05, 0.1) is 0 Å². The third-order valence-electron chi connectivity index (χ3n) is 12.8. The summed E-state index contributed by atoms with van der Waals surface area (Å²) in [5.41, 5.74) is 0. The number of carbonyl (C=O) groups is 3. The highest BCUT2D eigenvalue weighted by Gasteiger charge is 2.19. The number of carbonyl (C=O) groups excluding carboxylic acids is 3. The monoisotopic (exact) mass is 1010 g/mol. The number of hydrogen-bond donors (Lipinski definition) is 0. The second-order valence-electron chi connectivity index (χ2n) is 19.9. The van der Waals surface area contributed by atoms with Gasteiger partial charge in [-0.05, 0) is 109 Å². The van der Waals surface area contributed by atoms with E-state index in [2.05, 4.69) is 130 Å². The fourth-order valence-electron chi connectivity index (χ4n) is 8.22. The molecule has 0 heterocycles. The summed E-state index contributed by atoms with van der Waals surface area (Å²) < 4.78 is 16.9. The van der Waals surface area contributed by atoms with Crippen molar-refractivity contribution in [1.82, 2.24) is 0 Å². The van der Waals surface area contributed by atoms with Crippen molar-refractivity contribution in [3.63, 3.8) is 0 Å². The predicted molar refractivity (Wildman–Crippen MR) is 316 cm³/mol. The van der Waals surface area contributed by atoms with Crippen molar-refractivity contribution in [2.75, 3.05) is 13.2 Å². The van der Waals surface area contributed by atoms with Crippen LogP contribution in [0.4, 0.5) is 0 Å². The van der Waals surface area contributed by atoms with Crippen LogP contribution in [-0.2, 0) is 28.6 Å². The Morgan fingerprint density at radius 2 is 0.534 bits per heavy atom. The molecule has 0 radical (unpaired) electrons. The van der Waals surface area contributed by atoms with E-state index in [0.29, 0.717) is 19.3 Å². The molecule has 0 saturated heterocycles.